The number of aryl methyl sites for hydroxylation is 1. The lowest BCUT2D eigenvalue weighted by atomic mass is 10.2. The molecule has 1 aromatic heterocycles. The average Bonchev–Trinajstić information content (AvgIpc) is 2.64. The second-order valence-electron chi connectivity index (χ2n) is 5.51. The monoisotopic (exact) mass is 360 g/mol. The lowest BCUT2D eigenvalue weighted by Crippen LogP contribution is -2.25. The molecule has 1 aromatic carbocycles. The first-order valence-corrected chi connectivity index (χ1v) is 8.23. The van der Waals surface area contributed by atoms with Crippen molar-refractivity contribution in [3.05, 3.63) is 29.6 Å². The smallest absolute Gasteiger partial charge is 0.270 e. The van der Waals surface area contributed by atoms with E-state index in [9.17, 15) is 4.79 Å². The molecule has 140 valence electrons. The van der Waals surface area contributed by atoms with Crippen molar-refractivity contribution in [3.8, 4) is 17.2 Å². The van der Waals surface area contributed by atoms with Crippen LogP contribution in [0, 0.1) is 6.92 Å². The number of anilines is 2. The predicted molar refractivity (Wildman–Crippen MR) is 98.8 cm³/mol. The number of amides is 1. The van der Waals surface area contributed by atoms with Gasteiger partial charge in [-0.3, -0.25) is 4.79 Å². The van der Waals surface area contributed by atoms with Crippen LogP contribution in [0.25, 0.3) is 0 Å². The Labute approximate surface area is 152 Å². The summed E-state index contributed by atoms with van der Waals surface area (Å²) in [6.07, 6.45) is 0.854. The van der Waals surface area contributed by atoms with Crippen molar-refractivity contribution in [1.29, 1.82) is 0 Å². The van der Waals surface area contributed by atoms with Crippen LogP contribution in [-0.4, -0.2) is 43.7 Å². The molecule has 0 aliphatic rings. The Balaban J connectivity index is 2.33. The molecule has 0 spiro atoms. The Bertz CT molecular complexity index is 755. The fourth-order valence-corrected chi connectivity index (χ4v) is 2.35. The van der Waals surface area contributed by atoms with Gasteiger partial charge < -0.3 is 24.8 Å². The number of carbonyl (C=O) groups is 1. The summed E-state index contributed by atoms with van der Waals surface area (Å²) < 4.78 is 16.0. The first-order chi connectivity index (χ1) is 12.5. The summed E-state index contributed by atoms with van der Waals surface area (Å²) >= 11 is 0. The van der Waals surface area contributed by atoms with E-state index in [2.05, 4.69) is 20.6 Å². The molecule has 8 nitrogen and oxygen atoms in total. The van der Waals surface area contributed by atoms with E-state index in [0.717, 1.165) is 6.42 Å². The van der Waals surface area contributed by atoms with Crippen molar-refractivity contribution in [1.82, 2.24) is 15.3 Å². The molecular weight excluding hydrogens is 336 g/mol. The number of carbonyl (C=O) groups excluding carboxylic acids is 1. The van der Waals surface area contributed by atoms with E-state index >= 15 is 0 Å². The molecular formula is C18H24N4O4. The average molecular weight is 360 g/mol. The zero-order valence-corrected chi connectivity index (χ0v) is 15.7. The van der Waals surface area contributed by atoms with Crippen LogP contribution < -0.4 is 24.8 Å². The van der Waals surface area contributed by atoms with Crippen LogP contribution in [0.5, 0.6) is 17.2 Å². The molecule has 0 unspecified atom stereocenters. The summed E-state index contributed by atoms with van der Waals surface area (Å²) in [5, 5.41) is 5.88. The Morgan fingerprint density at radius 3 is 2.23 bits per heavy atom. The van der Waals surface area contributed by atoms with Gasteiger partial charge in [0.1, 0.15) is 5.69 Å². The van der Waals surface area contributed by atoms with Gasteiger partial charge in [0.05, 0.1) is 21.3 Å². The summed E-state index contributed by atoms with van der Waals surface area (Å²) in [5.41, 5.74) is 1.63. The summed E-state index contributed by atoms with van der Waals surface area (Å²) in [5.74, 6) is 1.57. The van der Waals surface area contributed by atoms with Crippen molar-refractivity contribution in [2.24, 2.45) is 0 Å². The lowest BCUT2D eigenvalue weighted by molar-refractivity contribution is 0.0948. The van der Waals surface area contributed by atoms with E-state index < -0.39 is 0 Å². The Kier molecular flexibility index (Phi) is 6.60. The van der Waals surface area contributed by atoms with Gasteiger partial charge in [0.25, 0.3) is 5.91 Å². The van der Waals surface area contributed by atoms with Crippen LogP contribution in [0.1, 0.15) is 29.5 Å². The SMILES string of the molecule is CCCNC(=O)c1cc(C)nc(Nc2cc(OC)c(OC)c(OC)c2)n1. The highest BCUT2D eigenvalue weighted by Gasteiger charge is 2.15. The lowest BCUT2D eigenvalue weighted by Gasteiger charge is -2.15. The molecule has 26 heavy (non-hydrogen) atoms. The van der Waals surface area contributed by atoms with Gasteiger partial charge in [-0.25, -0.2) is 9.97 Å². The van der Waals surface area contributed by atoms with E-state index in [-0.39, 0.29) is 5.91 Å². The summed E-state index contributed by atoms with van der Waals surface area (Å²) in [6.45, 7) is 4.39. The van der Waals surface area contributed by atoms with Crippen LogP contribution in [0.4, 0.5) is 11.6 Å². The van der Waals surface area contributed by atoms with Crippen LogP contribution in [0.15, 0.2) is 18.2 Å². The van der Waals surface area contributed by atoms with Crippen molar-refractivity contribution in [2.75, 3.05) is 33.2 Å². The maximum atomic E-state index is 12.2. The molecule has 8 heteroatoms. The van der Waals surface area contributed by atoms with E-state index in [1.54, 1.807) is 46.5 Å². The highest BCUT2D eigenvalue weighted by atomic mass is 16.5. The molecule has 0 atom stereocenters. The number of aromatic nitrogens is 2. The van der Waals surface area contributed by atoms with Gasteiger partial charge in [0.2, 0.25) is 11.7 Å². The number of ether oxygens (including phenoxy) is 3. The third-order valence-electron chi connectivity index (χ3n) is 3.54. The number of hydrogen-bond donors (Lipinski definition) is 2. The van der Waals surface area contributed by atoms with Gasteiger partial charge in [0.15, 0.2) is 11.5 Å². The van der Waals surface area contributed by atoms with Gasteiger partial charge in [0, 0.05) is 30.1 Å². The number of methoxy groups -OCH3 is 3. The molecule has 2 N–H and O–H groups in total. The Morgan fingerprint density at radius 1 is 1.04 bits per heavy atom. The topological polar surface area (TPSA) is 94.6 Å². The van der Waals surface area contributed by atoms with Crippen LogP contribution in [-0.2, 0) is 0 Å². The molecule has 0 aliphatic carbocycles. The zero-order valence-electron chi connectivity index (χ0n) is 15.7. The molecule has 1 amide bonds. The van der Waals surface area contributed by atoms with E-state index in [0.29, 0.717) is 46.8 Å². The summed E-state index contributed by atoms with van der Waals surface area (Å²) in [7, 11) is 4.62. The highest BCUT2D eigenvalue weighted by molar-refractivity contribution is 5.92. The van der Waals surface area contributed by atoms with Crippen molar-refractivity contribution < 1.29 is 19.0 Å². The van der Waals surface area contributed by atoms with Gasteiger partial charge in [-0.05, 0) is 19.4 Å². The first kappa shape index (κ1) is 19.3. The quantitative estimate of drug-likeness (QED) is 0.747. The van der Waals surface area contributed by atoms with Crippen molar-refractivity contribution >= 4 is 17.5 Å². The molecule has 0 radical (unpaired) electrons. The van der Waals surface area contributed by atoms with Crippen molar-refractivity contribution in [3.63, 3.8) is 0 Å². The Hall–Kier alpha value is -3.03. The number of nitrogens with zero attached hydrogens (tertiary/aromatic N) is 2. The number of benzene rings is 1. The van der Waals surface area contributed by atoms with Crippen LogP contribution in [0.3, 0.4) is 0 Å². The molecule has 0 saturated heterocycles. The number of hydrogen-bond acceptors (Lipinski definition) is 7. The largest absolute Gasteiger partial charge is 0.493 e. The normalized spacial score (nSPS) is 10.2. The minimum absolute atomic E-state index is 0.231. The maximum absolute atomic E-state index is 12.2. The molecule has 2 rings (SSSR count). The van der Waals surface area contributed by atoms with Crippen molar-refractivity contribution in [2.45, 2.75) is 20.3 Å². The first-order valence-electron chi connectivity index (χ1n) is 8.23. The van der Waals surface area contributed by atoms with Crippen LogP contribution >= 0.6 is 0 Å². The number of nitrogens with one attached hydrogen (secondary N) is 2. The Morgan fingerprint density at radius 2 is 1.69 bits per heavy atom. The van der Waals surface area contributed by atoms with E-state index in [4.69, 9.17) is 14.2 Å². The second-order valence-corrected chi connectivity index (χ2v) is 5.51. The minimum atomic E-state index is -0.231. The number of rotatable bonds is 8. The molecule has 1 heterocycles. The maximum Gasteiger partial charge on any atom is 0.270 e. The standard InChI is InChI=1S/C18H24N4O4/c1-6-7-19-17(23)13-8-11(2)20-18(22-13)21-12-9-14(24-3)16(26-5)15(10-12)25-4/h8-10H,6-7H2,1-5H3,(H,19,23)(H,20,21,22). The minimum Gasteiger partial charge on any atom is -0.493 e. The van der Waals surface area contributed by atoms with E-state index in [1.165, 1.54) is 0 Å². The van der Waals surface area contributed by atoms with Gasteiger partial charge in [-0.1, -0.05) is 6.92 Å². The predicted octanol–water partition coefficient (Wildman–Crippen LogP) is 2.69. The van der Waals surface area contributed by atoms with Gasteiger partial charge in [-0.2, -0.15) is 0 Å². The van der Waals surface area contributed by atoms with Gasteiger partial charge >= 0.3 is 0 Å². The third kappa shape index (κ3) is 4.53. The third-order valence-corrected chi connectivity index (χ3v) is 3.54. The molecule has 0 aliphatic heterocycles. The second kappa shape index (κ2) is 8.89. The molecule has 0 saturated carbocycles. The fourth-order valence-electron chi connectivity index (χ4n) is 2.35. The van der Waals surface area contributed by atoms with Gasteiger partial charge in [-0.15, -0.1) is 0 Å². The zero-order chi connectivity index (χ0) is 19.1. The van der Waals surface area contributed by atoms with Crippen LogP contribution in [0.2, 0.25) is 0 Å². The molecule has 0 fully saturated rings. The molecule has 2 aromatic rings. The highest BCUT2D eigenvalue weighted by Crippen LogP contribution is 2.40. The molecule has 0 bridgehead atoms. The summed E-state index contributed by atoms with van der Waals surface area (Å²) in [6, 6.07) is 5.12. The fraction of sp³-hybridized carbons (Fsp3) is 0.389. The summed E-state index contributed by atoms with van der Waals surface area (Å²) in [4.78, 5) is 20.8. The van der Waals surface area contributed by atoms with E-state index in [1.807, 2.05) is 6.92 Å².